The van der Waals surface area contributed by atoms with Gasteiger partial charge in [0.05, 0.1) is 0 Å². The molecule has 1 aliphatic heterocycles. The van der Waals surface area contributed by atoms with Gasteiger partial charge in [-0.25, -0.2) is 9.78 Å². The molecule has 0 unspecified atom stereocenters. The zero-order valence-corrected chi connectivity index (χ0v) is 20.2. The van der Waals surface area contributed by atoms with Crippen LogP contribution in [0.15, 0.2) is 28.7 Å². The van der Waals surface area contributed by atoms with Crippen LogP contribution in [-0.4, -0.2) is 52.7 Å². The quantitative estimate of drug-likeness (QED) is 0.562. The number of benzene rings is 1. The van der Waals surface area contributed by atoms with Gasteiger partial charge in [0.15, 0.2) is 0 Å². The Morgan fingerprint density at radius 2 is 1.87 bits per heavy atom. The van der Waals surface area contributed by atoms with Crippen LogP contribution < -0.4 is 10.2 Å². The largest absolute Gasteiger partial charge is 0.444 e. The molecule has 1 aromatic heterocycles. The minimum Gasteiger partial charge on any atom is -0.444 e. The molecule has 0 atom stereocenters. The summed E-state index contributed by atoms with van der Waals surface area (Å²) in [5.74, 6) is 1.13. The number of hydrogen-bond acceptors (Lipinski definition) is 6. The molecule has 162 valence electrons. The van der Waals surface area contributed by atoms with Crippen LogP contribution >= 0.6 is 39.1 Å². The number of nitrogens with one attached hydrogen (secondary N) is 1. The van der Waals surface area contributed by atoms with E-state index in [-0.39, 0.29) is 6.09 Å². The molecule has 0 bridgehead atoms. The van der Waals surface area contributed by atoms with Crippen LogP contribution in [0.4, 0.5) is 16.6 Å². The number of ether oxygens (including phenoxy) is 1. The third-order valence-electron chi connectivity index (χ3n) is 4.39. The fourth-order valence-electron chi connectivity index (χ4n) is 2.93. The molecule has 1 N–H and O–H groups in total. The van der Waals surface area contributed by atoms with E-state index in [1.54, 1.807) is 11.0 Å². The molecule has 2 heterocycles. The third-order valence-corrected chi connectivity index (χ3v) is 5.43. The summed E-state index contributed by atoms with van der Waals surface area (Å²) >= 11 is 15.9. The summed E-state index contributed by atoms with van der Waals surface area (Å²) < 4.78 is 6.36. The van der Waals surface area contributed by atoms with Crippen molar-refractivity contribution in [1.29, 1.82) is 0 Å². The first-order chi connectivity index (χ1) is 14.1. The second-order valence-corrected chi connectivity index (χ2v) is 9.63. The SMILES string of the molecule is CC(C)(C)OC(=O)N1CCN(c2cc(Cl)nc(NCc3ccc(Br)cc3Cl)n2)CC1. The lowest BCUT2D eigenvalue weighted by Crippen LogP contribution is -2.50. The highest BCUT2D eigenvalue weighted by molar-refractivity contribution is 9.10. The van der Waals surface area contributed by atoms with Gasteiger partial charge in [0.25, 0.3) is 0 Å². The van der Waals surface area contributed by atoms with Crippen molar-refractivity contribution in [2.75, 3.05) is 36.4 Å². The van der Waals surface area contributed by atoms with E-state index in [4.69, 9.17) is 27.9 Å². The summed E-state index contributed by atoms with van der Waals surface area (Å²) in [4.78, 5) is 24.9. The minimum atomic E-state index is -0.507. The van der Waals surface area contributed by atoms with Gasteiger partial charge in [-0.05, 0) is 38.5 Å². The lowest BCUT2D eigenvalue weighted by molar-refractivity contribution is 0.0240. The molecule has 0 aliphatic carbocycles. The monoisotopic (exact) mass is 515 g/mol. The Kier molecular flexibility index (Phi) is 7.31. The second kappa shape index (κ2) is 9.58. The van der Waals surface area contributed by atoms with Crippen molar-refractivity contribution in [3.63, 3.8) is 0 Å². The summed E-state index contributed by atoms with van der Waals surface area (Å²) in [7, 11) is 0. The Bertz CT molecular complexity index is 915. The fraction of sp³-hybridized carbons (Fsp3) is 0.450. The molecule has 2 aromatic rings. The molecular weight excluding hydrogens is 493 g/mol. The number of anilines is 2. The highest BCUT2D eigenvalue weighted by Crippen LogP contribution is 2.24. The molecule has 1 aliphatic rings. The zero-order valence-electron chi connectivity index (χ0n) is 17.1. The van der Waals surface area contributed by atoms with E-state index in [9.17, 15) is 4.79 Å². The summed E-state index contributed by atoms with van der Waals surface area (Å²) in [6, 6.07) is 7.42. The molecule has 0 radical (unpaired) electrons. The molecule has 3 rings (SSSR count). The van der Waals surface area contributed by atoms with Gasteiger partial charge in [0.1, 0.15) is 16.6 Å². The molecule has 7 nitrogen and oxygen atoms in total. The first kappa shape index (κ1) is 22.9. The first-order valence-corrected chi connectivity index (χ1v) is 11.1. The van der Waals surface area contributed by atoms with E-state index in [1.807, 2.05) is 39.0 Å². The van der Waals surface area contributed by atoms with Gasteiger partial charge in [0.2, 0.25) is 5.95 Å². The Morgan fingerprint density at radius 1 is 1.17 bits per heavy atom. The molecule has 1 fully saturated rings. The Hall–Kier alpha value is -1.77. The van der Waals surface area contributed by atoms with Crippen LogP contribution in [-0.2, 0) is 11.3 Å². The lowest BCUT2D eigenvalue weighted by atomic mass is 10.2. The highest BCUT2D eigenvalue weighted by Gasteiger charge is 2.26. The van der Waals surface area contributed by atoms with Gasteiger partial charge >= 0.3 is 6.09 Å². The van der Waals surface area contributed by atoms with Gasteiger partial charge in [-0.1, -0.05) is 45.2 Å². The van der Waals surface area contributed by atoms with Crippen LogP contribution in [0.5, 0.6) is 0 Å². The predicted octanol–water partition coefficient (Wildman–Crippen LogP) is 5.22. The van der Waals surface area contributed by atoms with Gasteiger partial charge in [0, 0.05) is 48.3 Å². The van der Waals surface area contributed by atoms with Gasteiger partial charge in [-0.2, -0.15) is 4.98 Å². The van der Waals surface area contributed by atoms with Gasteiger partial charge < -0.3 is 19.9 Å². The smallest absolute Gasteiger partial charge is 0.410 e. The van der Waals surface area contributed by atoms with E-state index in [0.717, 1.165) is 10.0 Å². The third kappa shape index (κ3) is 6.36. The minimum absolute atomic E-state index is 0.295. The summed E-state index contributed by atoms with van der Waals surface area (Å²) in [5, 5.41) is 4.17. The normalized spacial score (nSPS) is 14.6. The van der Waals surface area contributed by atoms with Crippen molar-refractivity contribution in [2.45, 2.75) is 32.9 Å². The maximum atomic E-state index is 12.2. The van der Waals surface area contributed by atoms with E-state index in [1.165, 1.54) is 0 Å². The first-order valence-electron chi connectivity index (χ1n) is 9.56. The standard InChI is InChI=1S/C20H24BrCl2N5O2/c1-20(2,3)30-19(29)28-8-6-27(7-9-28)17-11-16(23)25-18(26-17)24-12-13-4-5-14(21)10-15(13)22/h4-5,10-11H,6-9,12H2,1-3H3,(H,24,25,26). The van der Waals surface area contributed by atoms with Crippen molar-refractivity contribution in [1.82, 2.24) is 14.9 Å². The Balaban J connectivity index is 1.62. The molecule has 0 saturated carbocycles. The molecule has 1 amide bonds. The van der Waals surface area contributed by atoms with Crippen LogP contribution in [0.1, 0.15) is 26.3 Å². The summed E-state index contributed by atoms with van der Waals surface area (Å²) in [5.41, 5.74) is 0.420. The van der Waals surface area contributed by atoms with Crippen molar-refractivity contribution in [3.8, 4) is 0 Å². The Morgan fingerprint density at radius 3 is 2.50 bits per heavy atom. The number of aromatic nitrogens is 2. The number of piperazine rings is 1. The van der Waals surface area contributed by atoms with E-state index >= 15 is 0 Å². The average Bonchev–Trinajstić information content (AvgIpc) is 2.66. The van der Waals surface area contributed by atoms with Crippen molar-refractivity contribution < 1.29 is 9.53 Å². The van der Waals surface area contributed by atoms with E-state index < -0.39 is 5.60 Å². The van der Waals surface area contributed by atoms with Crippen molar-refractivity contribution in [2.24, 2.45) is 0 Å². The zero-order chi connectivity index (χ0) is 21.9. The predicted molar refractivity (Wildman–Crippen MR) is 124 cm³/mol. The van der Waals surface area contributed by atoms with Crippen molar-refractivity contribution in [3.05, 3.63) is 44.5 Å². The van der Waals surface area contributed by atoms with E-state index in [2.05, 4.69) is 36.1 Å². The van der Waals surface area contributed by atoms with Gasteiger partial charge in [-0.3, -0.25) is 0 Å². The number of amides is 1. The number of carbonyl (C=O) groups excluding carboxylic acids is 1. The maximum absolute atomic E-state index is 12.2. The van der Waals surface area contributed by atoms with Crippen LogP contribution in [0, 0.1) is 0 Å². The fourth-order valence-corrected chi connectivity index (χ4v) is 3.85. The molecule has 10 heteroatoms. The van der Waals surface area contributed by atoms with Crippen LogP contribution in [0.25, 0.3) is 0 Å². The average molecular weight is 517 g/mol. The molecule has 1 saturated heterocycles. The molecule has 30 heavy (non-hydrogen) atoms. The van der Waals surface area contributed by atoms with Crippen LogP contribution in [0.3, 0.4) is 0 Å². The number of nitrogens with zero attached hydrogens (tertiary/aromatic N) is 4. The number of carbonyl (C=O) groups is 1. The molecular formula is C20H24BrCl2N5O2. The summed E-state index contributed by atoms with van der Waals surface area (Å²) in [6.07, 6.45) is -0.295. The molecule has 0 spiro atoms. The molecule has 1 aromatic carbocycles. The van der Waals surface area contributed by atoms with Crippen LogP contribution in [0.2, 0.25) is 10.2 Å². The topological polar surface area (TPSA) is 70.6 Å². The lowest BCUT2D eigenvalue weighted by Gasteiger charge is -2.36. The van der Waals surface area contributed by atoms with Gasteiger partial charge in [-0.15, -0.1) is 0 Å². The Labute approximate surface area is 194 Å². The number of rotatable bonds is 4. The highest BCUT2D eigenvalue weighted by atomic mass is 79.9. The number of halogens is 3. The van der Waals surface area contributed by atoms with Crippen molar-refractivity contribution >= 4 is 57.0 Å². The maximum Gasteiger partial charge on any atom is 0.410 e. The van der Waals surface area contributed by atoms with E-state index in [0.29, 0.717) is 54.7 Å². The number of hydrogen-bond donors (Lipinski definition) is 1. The second-order valence-electron chi connectivity index (χ2n) is 7.92. The summed E-state index contributed by atoms with van der Waals surface area (Å²) in [6.45, 7) is 8.41.